The molecule has 0 aromatic carbocycles. The summed E-state index contributed by atoms with van der Waals surface area (Å²) < 4.78 is 36.5. The summed E-state index contributed by atoms with van der Waals surface area (Å²) in [5.41, 5.74) is 6.11. The van der Waals surface area contributed by atoms with Crippen molar-refractivity contribution in [3.05, 3.63) is 0 Å². The fraction of sp³-hybridized carbons (Fsp3) is 0.923. The number of nitrogens with one attached hydrogen (secondary N) is 1. The van der Waals surface area contributed by atoms with Crippen LogP contribution in [0.2, 0.25) is 0 Å². The van der Waals surface area contributed by atoms with Crippen LogP contribution < -0.4 is 11.1 Å². The summed E-state index contributed by atoms with van der Waals surface area (Å²) >= 11 is 0. The maximum Gasteiger partial charge on any atom is 0.416 e. The molecule has 0 saturated heterocycles. The van der Waals surface area contributed by atoms with Crippen molar-refractivity contribution < 1.29 is 23.1 Å². The number of halogens is 3. The van der Waals surface area contributed by atoms with E-state index in [0.717, 1.165) is 19.3 Å². The SMILES string of the molecule is NC1C2CCCC1CC(C(=O)NCC(O)C(F)(F)F)C2. The fourth-order valence-corrected chi connectivity index (χ4v) is 3.46. The molecule has 0 radical (unpaired) electrons. The lowest BCUT2D eigenvalue weighted by atomic mass is 9.65. The van der Waals surface area contributed by atoms with Gasteiger partial charge in [-0.2, -0.15) is 13.2 Å². The largest absolute Gasteiger partial charge is 0.416 e. The predicted molar refractivity (Wildman–Crippen MR) is 66.6 cm³/mol. The highest BCUT2D eigenvalue weighted by Crippen LogP contribution is 2.41. The minimum absolute atomic E-state index is 0.119. The average Bonchev–Trinajstić information content (AvgIpc) is 2.33. The number of hydrogen-bond acceptors (Lipinski definition) is 3. The van der Waals surface area contributed by atoms with Gasteiger partial charge in [0.2, 0.25) is 5.91 Å². The van der Waals surface area contributed by atoms with Crippen LogP contribution in [-0.2, 0) is 4.79 Å². The molecule has 0 aromatic heterocycles. The van der Waals surface area contributed by atoms with E-state index in [0.29, 0.717) is 24.7 Å². The van der Waals surface area contributed by atoms with Gasteiger partial charge in [-0.1, -0.05) is 6.42 Å². The molecule has 3 atom stereocenters. The third-order valence-electron chi connectivity index (χ3n) is 4.63. The van der Waals surface area contributed by atoms with Gasteiger partial charge in [0.25, 0.3) is 0 Å². The smallest absolute Gasteiger partial charge is 0.382 e. The van der Waals surface area contributed by atoms with E-state index >= 15 is 0 Å². The van der Waals surface area contributed by atoms with Gasteiger partial charge in [-0.25, -0.2) is 0 Å². The zero-order valence-corrected chi connectivity index (χ0v) is 11.2. The summed E-state index contributed by atoms with van der Waals surface area (Å²) in [5, 5.41) is 11.1. The molecule has 0 heterocycles. The first-order valence-corrected chi connectivity index (χ1v) is 7.07. The summed E-state index contributed by atoms with van der Waals surface area (Å²) in [5.74, 6) is -0.0702. The molecule has 2 aliphatic rings. The first-order chi connectivity index (χ1) is 9.29. The second-order valence-electron chi connectivity index (χ2n) is 6.00. The Balaban J connectivity index is 1.85. The second kappa shape index (κ2) is 5.89. The quantitative estimate of drug-likeness (QED) is 0.731. The standard InChI is InChI=1S/C13H21F3N2O2/c14-13(15,16)10(19)6-18-12(20)9-4-7-2-1-3-8(5-9)11(7)17/h7-11,19H,1-6,17H2,(H,18,20). The maximum absolute atomic E-state index is 12.2. The number of rotatable bonds is 3. The fourth-order valence-electron chi connectivity index (χ4n) is 3.46. The molecule has 116 valence electrons. The van der Waals surface area contributed by atoms with Gasteiger partial charge in [-0.3, -0.25) is 4.79 Å². The molecule has 1 amide bonds. The number of hydrogen-bond donors (Lipinski definition) is 3. The Morgan fingerprint density at radius 2 is 1.85 bits per heavy atom. The van der Waals surface area contributed by atoms with Crippen molar-refractivity contribution in [2.45, 2.75) is 50.4 Å². The minimum Gasteiger partial charge on any atom is -0.382 e. The van der Waals surface area contributed by atoms with Gasteiger partial charge in [-0.15, -0.1) is 0 Å². The van der Waals surface area contributed by atoms with Crippen molar-refractivity contribution in [3.8, 4) is 0 Å². The number of nitrogens with two attached hydrogens (primary N) is 1. The van der Waals surface area contributed by atoms with E-state index in [-0.39, 0.29) is 12.0 Å². The van der Waals surface area contributed by atoms with Crippen LogP contribution in [0, 0.1) is 17.8 Å². The van der Waals surface area contributed by atoms with E-state index in [9.17, 15) is 18.0 Å². The number of carbonyl (C=O) groups is 1. The van der Waals surface area contributed by atoms with E-state index in [1.54, 1.807) is 0 Å². The molecule has 3 unspecified atom stereocenters. The minimum atomic E-state index is -4.70. The monoisotopic (exact) mass is 294 g/mol. The highest BCUT2D eigenvalue weighted by Gasteiger charge is 2.42. The third-order valence-corrected chi connectivity index (χ3v) is 4.63. The van der Waals surface area contributed by atoms with Crippen molar-refractivity contribution in [1.82, 2.24) is 5.32 Å². The normalized spacial score (nSPS) is 35.5. The summed E-state index contributed by atoms with van der Waals surface area (Å²) in [6.07, 6.45) is -2.81. The molecule has 0 aromatic rings. The van der Waals surface area contributed by atoms with Crippen LogP contribution in [0.1, 0.15) is 32.1 Å². The molecule has 4 N–H and O–H groups in total. The van der Waals surface area contributed by atoms with Gasteiger partial charge in [-0.05, 0) is 37.5 Å². The first kappa shape index (κ1) is 15.6. The zero-order valence-electron chi connectivity index (χ0n) is 11.2. The zero-order chi connectivity index (χ0) is 14.9. The number of fused-ring (bicyclic) bond motifs is 2. The van der Waals surface area contributed by atoms with Gasteiger partial charge in [0, 0.05) is 12.0 Å². The van der Waals surface area contributed by atoms with Gasteiger partial charge in [0.1, 0.15) is 0 Å². The summed E-state index contributed by atoms with van der Waals surface area (Å²) in [4.78, 5) is 11.9. The van der Waals surface area contributed by atoms with Gasteiger partial charge < -0.3 is 16.2 Å². The molecule has 2 rings (SSSR count). The van der Waals surface area contributed by atoms with Crippen molar-refractivity contribution in [3.63, 3.8) is 0 Å². The van der Waals surface area contributed by atoms with E-state index < -0.39 is 24.7 Å². The Bertz CT molecular complexity index is 348. The Labute approximate surface area is 115 Å². The van der Waals surface area contributed by atoms with E-state index in [1.165, 1.54) is 0 Å². The van der Waals surface area contributed by atoms with E-state index in [4.69, 9.17) is 10.8 Å². The number of amides is 1. The molecule has 2 aliphatic carbocycles. The van der Waals surface area contributed by atoms with Crippen LogP contribution in [0.25, 0.3) is 0 Å². The van der Waals surface area contributed by atoms with Crippen LogP contribution in [0.4, 0.5) is 13.2 Å². The van der Waals surface area contributed by atoms with E-state index in [2.05, 4.69) is 5.32 Å². The second-order valence-corrected chi connectivity index (χ2v) is 6.00. The Kier molecular flexibility index (Phi) is 4.59. The van der Waals surface area contributed by atoms with Crippen LogP contribution in [-0.4, -0.2) is 35.9 Å². The molecule has 7 heteroatoms. The lowest BCUT2D eigenvalue weighted by Crippen LogP contribution is -2.50. The van der Waals surface area contributed by atoms with Gasteiger partial charge in [0.15, 0.2) is 6.10 Å². The highest BCUT2D eigenvalue weighted by atomic mass is 19.4. The molecule has 4 nitrogen and oxygen atoms in total. The molecule has 20 heavy (non-hydrogen) atoms. The molecular formula is C13H21F3N2O2. The maximum atomic E-state index is 12.2. The lowest BCUT2D eigenvalue weighted by Gasteiger charge is -2.43. The Hall–Kier alpha value is -0.820. The molecule has 2 saturated carbocycles. The highest BCUT2D eigenvalue weighted by molar-refractivity contribution is 5.78. The van der Waals surface area contributed by atoms with Crippen LogP contribution in [0.15, 0.2) is 0 Å². The van der Waals surface area contributed by atoms with Crippen LogP contribution >= 0.6 is 0 Å². The van der Waals surface area contributed by atoms with Crippen molar-refractivity contribution in [1.29, 1.82) is 0 Å². The van der Waals surface area contributed by atoms with Crippen LogP contribution in [0.5, 0.6) is 0 Å². The number of aliphatic hydroxyl groups is 1. The topological polar surface area (TPSA) is 75.4 Å². The number of carbonyl (C=O) groups excluding carboxylic acids is 1. The van der Waals surface area contributed by atoms with Gasteiger partial charge in [0.05, 0.1) is 6.54 Å². The first-order valence-electron chi connectivity index (χ1n) is 7.07. The molecule has 2 fully saturated rings. The van der Waals surface area contributed by atoms with E-state index in [1.807, 2.05) is 0 Å². The summed E-state index contributed by atoms with van der Waals surface area (Å²) in [6.45, 7) is -0.778. The third kappa shape index (κ3) is 3.44. The summed E-state index contributed by atoms with van der Waals surface area (Å²) in [7, 11) is 0. The summed E-state index contributed by atoms with van der Waals surface area (Å²) in [6, 6.07) is 0.119. The Morgan fingerprint density at radius 3 is 2.35 bits per heavy atom. The van der Waals surface area contributed by atoms with Crippen LogP contribution in [0.3, 0.4) is 0 Å². The number of alkyl halides is 3. The van der Waals surface area contributed by atoms with Crippen molar-refractivity contribution in [2.24, 2.45) is 23.5 Å². The van der Waals surface area contributed by atoms with Crippen molar-refractivity contribution >= 4 is 5.91 Å². The molecule has 0 aliphatic heterocycles. The van der Waals surface area contributed by atoms with Crippen molar-refractivity contribution in [2.75, 3.05) is 6.54 Å². The number of aliphatic hydroxyl groups excluding tert-OH is 1. The van der Waals surface area contributed by atoms with Gasteiger partial charge >= 0.3 is 6.18 Å². The lowest BCUT2D eigenvalue weighted by molar-refractivity contribution is -0.202. The Morgan fingerprint density at radius 1 is 1.30 bits per heavy atom. The molecular weight excluding hydrogens is 273 g/mol. The average molecular weight is 294 g/mol. The molecule has 0 spiro atoms. The molecule has 2 bridgehead atoms. The predicted octanol–water partition coefficient (Wildman–Crippen LogP) is 1.18.